The third-order valence-corrected chi connectivity index (χ3v) is 7.55. The van der Waals surface area contributed by atoms with Gasteiger partial charge in [-0.25, -0.2) is 0 Å². The number of carbonyl (C=O) groups excluding carboxylic acids is 1. The Morgan fingerprint density at radius 1 is 0.971 bits per heavy atom. The molecule has 5 heteroatoms. The Morgan fingerprint density at radius 3 is 2.47 bits per heavy atom. The Labute approximate surface area is 203 Å². The first kappa shape index (κ1) is 23.1. The van der Waals surface area contributed by atoms with E-state index in [2.05, 4.69) is 53.5 Å². The molecule has 180 valence electrons. The topological polar surface area (TPSA) is 50.8 Å². The van der Waals surface area contributed by atoms with E-state index < -0.39 is 0 Å². The van der Waals surface area contributed by atoms with Crippen molar-refractivity contribution in [2.24, 2.45) is 5.92 Å². The Balaban J connectivity index is 1.19. The molecule has 1 N–H and O–H groups in total. The molecule has 2 fully saturated rings. The van der Waals surface area contributed by atoms with Gasteiger partial charge in [-0.15, -0.1) is 0 Å². The summed E-state index contributed by atoms with van der Waals surface area (Å²) in [4.78, 5) is 15.7. The van der Waals surface area contributed by atoms with Crippen molar-refractivity contribution < 1.29 is 14.3 Å². The number of rotatable bonds is 5. The van der Waals surface area contributed by atoms with Crippen LogP contribution in [0.15, 0.2) is 48.0 Å². The summed E-state index contributed by atoms with van der Waals surface area (Å²) >= 11 is 0. The van der Waals surface area contributed by atoms with Gasteiger partial charge in [0.05, 0.1) is 6.61 Å². The van der Waals surface area contributed by atoms with Gasteiger partial charge in [0.15, 0.2) is 0 Å². The Morgan fingerprint density at radius 2 is 1.71 bits per heavy atom. The van der Waals surface area contributed by atoms with Crippen molar-refractivity contribution in [3.8, 4) is 16.9 Å². The third-order valence-electron chi connectivity index (χ3n) is 7.55. The molecule has 5 rings (SSSR count). The molecule has 0 aromatic heterocycles. The van der Waals surface area contributed by atoms with Gasteiger partial charge in [-0.05, 0) is 81.0 Å². The molecule has 2 aromatic carbocycles. The number of hydrogen-bond acceptors (Lipinski definition) is 4. The highest BCUT2D eigenvalue weighted by Gasteiger charge is 2.27. The van der Waals surface area contributed by atoms with Crippen LogP contribution >= 0.6 is 0 Å². The second-order valence-electron chi connectivity index (χ2n) is 9.92. The maximum absolute atomic E-state index is 13.0. The Kier molecular flexibility index (Phi) is 7.31. The van der Waals surface area contributed by atoms with Crippen molar-refractivity contribution in [3.05, 3.63) is 59.2 Å². The fraction of sp³-hybridized carbons (Fsp3) is 0.483. The molecule has 0 radical (unpaired) electrons. The molecule has 3 aliphatic heterocycles. The van der Waals surface area contributed by atoms with Crippen molar-refractivity contribution in [2.45, 2.75) is 45.1 Å². The average Bonchev–Trinajstić information content (AvgIpc) is 3.11. The van der Waals surface area contributed by atoms with Crippen LogP contribution in [0.25, 0.3) is 17.2 Å². The van der Waals surface area contributed by atoms with Gasteiger partial charge in [-0.1, -0.05) is 35.9 Å². The zero-order chi connectivity index (χ0) is 23.3. The summed E-state index contributed by atoms with van der Waals surface area (Å²) in [5.41, 5.74) is 5.33. The average molecular weight is 461 g/mol. The molecule has 2 saturated heterocycles. The fourth-order valence-corrected chi connectivity index (χ4v) is 5.35. The third kappa shape index (κ3) is 5.53. The number of benzene rings is 2. The quantitative estimate of drug-likeness (QED) is 0.694. The smallest absolute Gasteiger partial charge is 0.247 e. The monoisotopic (exact) mass is 460 g/mol. The zero-order valence-electron chi connectivity index (χ0n) is 20.2. The van der Waals surface area contributed by atoms with Crippen LogP contribution in [0.5, 0.6) is 5.75 Å². The van der Waals surface area contributed by atoms with Crippen LogP contribution in [0, 0.1) is 12.8 Å². The highest BCUT2D eigenvalue weighted by Crippen LogP contribution is 2.31. The molecule has 2 aromatic rings. The fourth-order valence-electron chi connectivity index (χ4n) is 5.35. The van der Waals surface area contributed by atoms with E-state index in [-0.39, 0.29) is 5.91 Å². The van der Waals surface area contributed by atoms with Gasteiger partial charge in [0.25, 0.3) is 0 Å². The van der Waals surface area contributed by atoms with E-state index >= 15 is 0 Å². The van der Waals surface area contributed by atoms with Crippen LogP contribution in [-0.2, 0) is 9.53 Å². The number of likely N-dealkylation sites (tertiary alicyclic amines) is 1. The summed E-state index contributed by atoms with van der Waals surface area (Å²) in [6, 6.07) is 15.5. The predicted molar refractivity (Wildman–Crippen MR) is 136 cm³/mol. The number of nitrogens with zero attached hydrogens (tertiary/aromatic N) is 1. The first-order chi connectivity index (χ1) is 16.7. The molecule has 0 atom stereocenters. The summed E-state index contributed by atoms with van der Waals surface area (Å²) in [5.74, 6) is 1.45. The molecule has 0 unspecified atom stereocenters. The number of hydrogen-bond donors (Lipinski definition) is 1. The lowest BCUT2D eigenvalue weighted by Gasteiger charge is -2.39. The van der Waals surface area contributed by atoms with Gasteiger partial charge in [0, 0.05) is 43.4 Å². The maximum Gasteiger partial charge on any atom is 0.247 e. The highest BCUT2D eigenvalue weighted by atomic mass is 16.5. The van der Waals surface area contributed by atoms with E-state index in [4.69, 9.17) is 9.47 Å². The SMILES string of the molecule is Cc1ccc(-c2ccc3c(c2)C=C(C(=O)NCC2CCN(C4CCOCC4)CC2)CCO3)cc1. The van der Waals surface area contributed by atoms with Crippen LogP contribution in [-0.4, -0.2) is 56.3 Å². The minimum absolute atomic E-state index is 0.0454. The van der Waals surface area contributed by atoms with E-state index in [1.54, 1.807) is 0 Å². The molecule has 3 aliphatic rings. The number of carbonyl (C=O) groups is 1. The number of fused-ring (bicyclic) bond motifs is 1. The number of amides is 1. The summed E-state index contributed by atoms with van der Waals surface area (Å²) < 4.78 is 11.5. The van der Waals surface area contributed by atoms with Crippen LogP contribution in [0.4, 0.5) is 0 Å². The van der Waals surface area contributed by atoms with Gasteiger partial charge in [0.1, 0.15) is 5.75 Å². The number of piperidine rings is 1. The minimum Gasteiger partial charge on any atom is -0.493 e. The van der Waals surface area contributed by atoms with Crippen molar-refractivity contribution in [2.75, 3.05) is 39.5 Å². The first-order valence-electron chi connectivity index (χ1n) is 12.8. The van der Waals surface area contributed by atoms with Gasteiger partial charge in [-0.2, -0.15) is 0 Å². The summed E-state index contributed by atoms with van der Waals surface area (Å²) in [6.07, 6.45) is 7.27. The lowest BCUT2D eigenvalue weighted by atomic mass is 9.94. The molecule has 34 heavy (non-hydrogen) atoms. The van der Waals surface area contributed by atoms with Crippen LogP contribution < -0.4 is 10.1 Å². The van der Waals surface area contributed by atoms with Crippen molar-refractivity contribution in [1.29, 1.82) is 0 Å². The molecule has 0 saturated carbocycles. The van der Waals surface area contributed by atoms with E-state index in [0.717, 1.165) is 81.0 Å². The predicted octanol–water partition coefficient (Wildman–Crippen LogP) is 4.84. The molecular weight excluding hydrogens is 424 g/mol. The van der Waals surface area contributed by atoms with Crippen LogP contribution in [0.1, 0.15) is 43.2 Å². The molecular formula is C29H36N2O3. The maximum atomic E-state index is 13.0. The first-order valence-corrected chi connectivity index (χ1v) is 12.8. The van der Waals surface area contributed by atoms with Crippen molar-refractivity contribution in [1.82, 2.24) is 10.2 Å². The number of ether oxygens (including phenoxy) is 2. The van der Waals surface area contributed by atoms with Gasteiger partial charge >= 0.3 is 0 Å². The normalized spacial score (nSPS) is 20.1. The van der Waals surface area contributed by atoms with Gasteiger partial charge in [-0.3, -0.25) is 4.79 Å². The van der Waals surface area contributed by atoms with Crippen molar-refractivity contribution >= 4 is 12.0 Å². The minimum atomic E-state index is 0.0454. The van der Waals surface area contributed by atoms with E-state index in [1.807, 2.05) is 12.1 Å². The molecule has 0 aliphatic carbocycles. The Bertz CT molecular complexity index is 1020. The summed E-state index contributed by atoms with van der Waals surface area (Å²) in [5, 5.41) is 3.23. The molecule has 0 bridgehead atoms. The van der Waals surface area contributed by atoms with Gasteiger partial charge in [0.2, 0.25) is 5.91 Å². The van der Waals surface area contributed by atoms with Crippen LogP contribution in [0.2, 0.25) is 0 Å². The molecule has 1 amide bonds. The lowest BCUT2D eigenvalue weighted by Crippen LogP contribution is -2.45. The van der Waals surface area contributed by atoms with Crippen LogP contribution in [0.3, 0.4) is 0 Å². The van der Waals surface area contributed by atoms with Crippen molar-refractivity contribution in [3.63, 3.8) is 0 Å². The second-order valence-corrected chi connectivity index (χ2v) is 9.92. The summed E-state index contributed by atoms with van der Waals surface area (Å²) in [6.45, 7) is 7.45. The Hall–Kier alpha value is -2.63. The summed E-state index contributed by atoms with van der Waals surface area (Å²) in [7, 11) is 0. The number of aryl methyl sites for hydroxylation is 1. The van der Waals surface area contributed by atoms with E-state index in [0.29, 0.717) is 25.0 Å². The molecule has 0 spiro atoms. The number of nitrogens with one attached hydrogen (secondary N) is 1. The lowest BCUT2D eigenvalue weighted by molar-refractivity contribution is -0.117. The van der Waals surface area contributed by atoms with E-state index in [9.17, 15) is 4.79 Å². The second kappa shape index (κ2) is 10.7. The highest BCUT2D eigenvalue weighted by molar-refractivity contribution is 5.98. The standard InChI is InChI=1S/C29H36N2O3/c1-21-2-4-23(5-3-21)24-6-7-28-26(18-24)19-25(10-17-34-28)29(32)30-20-22-8-13-31(14-9-22)27-11-15-33-16-12-27/h2-7,18-19,22,27H,8-17,20H2,1H3,(H,30,32). The molecule has 3 heterocycles. The molecule has 5 nitrogen and oxygen atoms in total. The van der Waals surface area contributed by atoms with E-state index in [1.165, 1.54) is 11.1 Å². The van der Waals surface area contributed by atoms with Gasteiger partial charge < -0.3 is 19.7 Å². The largest absolute Gasteiger partial charge is 0.493 e. The zero-order valence-corrected chi connectivity index (χ0v) is 20.2.